The maximum absolute atomic E-state index is 12.4. The average Bonchev–Trinajstić information content (AvgIpc) is 3.09. The van der Waals surface area contributed by atoms with Crippen LogP contribution in [0.5, 0.6) is 0 Å². The first-order chi connectivity index (χ1) is 11.5. The van der Waals surface area contributed by atoms with E-state index in [0.717, 1.165) is 26.2 Å². The lowest BCUT2D eigenvalue weighted by Crippen LogP contribution is -2.42. The number of carbonyl (C=O) groups excluding carboxylic acids is 1. The SMILES string of the molecule is Cc1cc(C(=O)N[C@H](Cc2c[nH]c3ccccc23)C(=O)O)c(C)s1. The fourth-order valence-electron chi connectivity index (χ4n) is 2.81. The van der Waals surface area contributed by atoms with Gasteiger partial charge in [-0.2, -0.15) is 0 Å². The molecule has 1 aromatic carbocycles. The molecule has 0 bridgehead atoms. The highest BCUT2D eigenvalue weighted by molar-refractivity contribution is 7.12. The average molecular weight is 342 g/mol. The zero-order chi connectivity index (χ0) is 17.3. The molecular formula is C18H18N2O3S. The highest BCUT2D eigenvalue weighted by Gasteiger charge is 2.23. The number of aromatic amines is 1. The Hall–Kier alpha value is -2.60. The number of benzene rings is 1. The summed E-state index contributed by atoms with van der Waals surface area (Å²) in [5, 5.41) is 13.1. The van der Waals surface area contributed by atoms with E-state index >= 15 is 0 Å². The summed E-state index contributed by atoms with van der Waals surface area (Å²) in [7, 11) is 0. The van der Waals surface area contributed by atoms with E-state index in [-0.39, 0.29) is 12.3 Å². The monoisotopic (exact) mass is 342 g/mol. The minimum Gasteiger partial charge on any atom is -0.480 e. The summed E-state index contributed by atoms with van der Waals surface area (Å²) in [5.41, 5.74) is 2.37. The minimum atomic E-state index is -1.04. The van der Waals surface area contributed by atoms with E-state index in [1.165, 1.54) is 11.3 Å². The Morgan fingerprint density at radius 1 is 1.29 bits per heavy atom. The number of aliphatic carboxylic acids is 1. The molecule has 24 heavy (non-hydrogen) atoms. The van der Waals surface area contributed by atoms with Gasteiger partial charge < -0.3 is 15.4 Å². The molecule has 1 atom stereocenters. The van der Waals surface area contributed by atoms with Crippen molar-refractivity contribution in [1.29, 1.82) is 0 Å². The molecule has 0 unspecified atom stereocenters. The van der Waals surface area contributed by atoms with Gasteiger partial charge in [0.25, 0.3) is 5.91 Å². The van der Waals surface area contributed by atoms with Crippen molar-refractivity contribution in [2.24, 2.45) is 0 Å². The summed E-state index contributed by atoms with van der Waals surface area (Å²) in [6.07, 6.45) is 2.03. The number of aryl methyl sites for hydroxylation is 2. The van der Waals surface area contributed by atoms with Crippen LogP contribution >= 0.6 is 11.3 Å². The zero-order valence-electron chi connectivity index (χ0n) is 13.4. The number of carboxylic acids is 1. The zero-order valence-corrected chi connectivity index (χ0v) is 14.2. The van der Waals surface area contributed by atoms with Crippen LogP contribution in [0, 0.1) is 13.8 Å². The van der Waals surface area contributed by atoms with Crippen molar-refractivity contribution in [3.05, 3.63) is 57.4 Å². The third-order valence-corrected chi connectivity index (χ3v) is 4.95. The highest BCUT2D eigenvalue weighted by atomic mass is 32.1. The Morgan fingerprint density at radius 2 is 2.04 bits per heavy atom. The van der Waals surface area contributed by atoms with Gasteiger partial charge in [-0.3, -0.25) is 4.79 Å². The first-order valence-electron chi connectivity index (χ1n) is 7.61. The third-order valence-electron chi connectivity index (χ3n) is 3.99. The molecule has 124 valence electrons. The van der Waals surface area contributed by atoms with E-state index in [4.69, 9.17) is 0 Å². The summed E-state index contributed by atoms with van der Waals surface area (Å²) in [6.45, 7) is 3.79. The quantitative estimate of drug-likeness (QED) is 0.665. The van der Waals surface area contributed by atoms with Crippen molar-refractivity contribution >= 4 is 34.1 Å². The van der Waals surface area contributed by atoms with Gasteiger partial charge in [-0.1, -0.05) is 18.2 Å². The molecule has 0 spiro atoms. The molecule has 1 amide bonds. The molecule has 2 aromatic heterocycles. The normalized spacial score (nSPS) is 12.2. The van der Waals surface area contributed by atoms with Gasteiger partial charge in [0.05, 0.1) is 5.56 Å². The predicted molar refractivity (Wildman–Crippen MR) is 94.7 cm³/mol. The van der Waals surface area contributed by atoms with Crippen LogP contribution in [0.1, 0.15) is 25.7 Å². The Bertz CT molecular complexity index is 910. The molecule has 3 N–H and O–H groups in total. The fourth-order valence-corrected chi connectivity index (χ4v) is 3.73. The summed E-state index contributed by atoms with van der Waals surface area (Å²) in [5.74, 6) is -1.39. The van der Waals surface area contributed by atoms with Gasteiger partial charge in [0.1, 0.15) is 6.04 Å². The van der Waals surface area contributed by atoms with Gasteiger partial charge in [0.2, 0.25) is 0 Å². The second kappa shape index (κ2) is 6.49. The van der Waals surface area contributed by atoms with Gasteiger partial charge in [0.15, 0.2) is 0 Å². The van der Waals surface area contributed by atoms with Crippen molar-refractivity contribution < 1.29 is 14.7 Å². The van der Waals surface area contributed by atoms with E-state index in [9.17, 15) is 14.7 Å². The molecule has 6 heteroatoms. The number of carbonyl (C=O) groups is 2. The summed E-state index contributed by atoms with van der Waals surface area (Å²) < 4.78 is 0. The van der Waals surface area contributed by atoms with Crippen molar-refractivity contribution in [3.63, 3.8) is 0 Å². The van der Waals surface area contributed by atoms with Gasteiger partial charge in [0, 0.05) is 33.3 Å². The molecule has 2 heterocycles. The van der Waals surface area contributed by atoms with E-state index in [1.54, 1.807) is 12.3 Å². The smallest absolute Gasteiger partial charge is 0.326 e. The number of amides is 1. The van der Waals surface area contributed by atoms with Gasteiger partial charge in [-0.05, 0) is 31.5 Å². The number of fused-ring (bicyclic) bond motifs is 1. The first kappa shape index (κ1) is 16.3. The maximum Gasteiger partial charge on any atom is 0.326 e. The number of thiophene rings is 1. The van der Waals surface area contributed by atoms with E-state index in [1.807, 2.05) is 38.1 Å². The molecule has 0 fully saturated rings. The maximum atomic E-state index is 12.4. The summed E-state index contributed by atoms with van der Waals surface area (Å²) in [4.78, 5) is 29.1. The Balaban J connectivity index is 1.81. The van der Waals surface area contributed by atoms with E-state index < -0.39 is 12.0 Å². The second-order valence-electron chi connectivity index (χ2n) is 5.75. The molecule has 0 aliphatic carbocycles. The van der Waals surface area contributed by atoms with Crippen molar-refractivity contribution in [2.75, 3.05) is 0 Å². The number of hydrogen-bond donors (Lipinski definition) is 3. The number of rotatable bonds is 5. The van der Waals surface area contributed by atoms with Crippen LogP contribution in [-0.2, 0) is 11.2 Å². The van der Waals surface area contributed by atoms with Crippen molar-refractivity contribution in [1.82, 2.24) is 10.3 Å². The lowest BCUT2D eigenvalue weighted by Gasteiger charge is -2.14. The number of aromatic nitrogens is 1. The molecule has 0 radical (unpaired) electrons. The first-order valence-corrected chi connectivity index (χ1v) is 8.43. The van der Waals surface area contributed by atoms with Crippen molar-refractivity contribution in [2.45, 2.75) is 26.3 Å². The topological polar surface area (TPSA) is 82.2 Å². The lowest BCUT2D eigenvalue weighted by molar-refractivity contribution is -0.139. The highest BCUT2D eigenvalue weighted by Crippen LogP contribution is 2.22. The number of H-pyrrole nitrogens is 1. The molecular weight excluding hydrogens is 324 g/mol. The van der Waals surface area contributed by atoms with Crippen molar-refractivity contribution in [3.8, 4) is 0 Å². The second-order valence-corrected chi connectivity index (χ2v) is 7.22. The molecule has 0 saturated carbocycles. The Kier molecular flexibility index (Phi) is 4.40. The largest absolute Gasteiger partial charge is 0.480 e. The molecule has 5 nitrogen and oxygen atoms in total. The lowest BCUT2D eigenvalue weighted by atomic mass is 10.0. The van der Waals surface area contributed by atoms with Crippen LogP contribution in [0.15, 0.2) is 36.5 Å². The van der Waals surface area contributed by atoms with Crippen LogP contribution in [0.2, 0.25) is 0 Å². The number of nitrogens with one attached hydrogen (secondary N) is 2. The molecule has 3 rings (SSSR count). The Morgan fingerprint density at radius 3 is 2.71 bits per heavy atom. The molecule has 0 saturated heterocycles. The molecule has 0 aliphatic heterocycles. The van der Waals surface area contributed by atoms with E-state index in [2.05, 4.69) is 10.3 Å². The van der Waals surface area contributed by atoms with Crippen LogP contribution in [-0.4, -0.2) is 28.0 Å². The Labute approximate surface area is 143 Å². The van der Waals surface area contributed by atoms with Gasteiger partial charge in [-0.15, -0.1) is 11.3 Å². The van der Waals surface area contributed by atoms with Crippen LogP contribution in [0.4, 0.5) is 0 Å². The fraction of sp³-hybridized carbons (Fsp3) is 0.222. The van der Waals surface area contributed by atoms with Gasteiger partial charge >= 0.3 is 5.97 Å². The molecule has 3 aromatic rings. The molecule has 0 aliphatic rings. The van der Waals surface area contributed by atoms with Crippen LogP contribution in [0.25, 0.3) is 10.9 Å². The number of hydrogen-bond acceptors (Lipinski definition) is 3. The standard InChI is InChI=1S/C18H18N2O3S/c1-10-7-14(11(2)24-10)17(21)20-16(18(22)23)8-12-9-19-15-6-4-3-5-13(12)15/h3-7,9,16,19H,8H2,1-2H3,(H,20,21)(H,22,23)/t16-/m1/s1. The summed E-state index contributed by atoms with van der Waals surface area (Å²) >= 11 is 1.53. The minimum absolute atomic E-state index is 0.229. The third kappa shape index (κ3) is 3.19. The van der Waals surface area contributed by atoms with E-state index in [0.29, 0.717) is 5.56 Å². The predicted octanol–water partition coefficient (Wildman–Crippen LogP) is 3.27. The van der Waals surface area contributed by atoms with Crippen LogP contribution in [0.3, 0.4) is 0 Å². The van der Waals surface area contributed by atoms with Gasteiger partial charge in [-0.25, -0.2) is 4.79 Å². The van der Waals surface area contributed by atoms with Crippen LogP contribution < -0.4 is 5.32 Å². The number of para-hydroxylation sites is 1. The number of carboxylic acid groups (broad SMARTS) is 1. The summed E-state index contributed by atoms with van der Waals surface area (Å²) in [6, 6.07) is 8.52.